The predicted molar refractivity (Wildman–Crippen MR) is 86.5 cm³/mol. The number of nitrogens with one attached hydrogen (secondary N) is 1. The van der Waals surface area contributed by atoms with E-state index in [1.807, 2.05) is 6.92 Å². The normalized spacial score (nSPS) is 16.6. The zero-order chi connectivity index (χ0) is 12.7. The van der Waals surface area contributed by atoms with Gasteiger partial charge >= 0.3 is 0 Å². The number of nitrogens with zero attached hydrogens (tertiary/aromatic N) is 2. The summed E-state index contributed by atoms with van der Waals surface area (Å²) in [6, 6.07) is 0. The molecule has 1 fully saturated rings. The van der Waals surface area contributed by atoms with Gasteiger partial charge in [-0.3, -0.25) is 4.99 Å². The van der Waals surface area contributed by atoms with Crippen LogP contribution in [0.1, 0.15) is 26.2 Å². The Morgan fingerprint density at radius 2 is 1.94 bits per heavy atom. The highest BCUT2D eigenvalue weighted by atomic mass is 127. The number of guanidine groups is 1. The molecule has 0 aromatic rings. The van der Waals surface area contributed by atoms with E-state index in [1.165, 1.54) is 19.1 Å². The number of hydrogen-bond donors (Lipinski definition) is 1. The van der Waals surface area contributed by atoms with E-state index in [0.717, 1.165) is 25.6 Å². The maximum Gasteiger partial charge on any atom is 0.193 e. The van der Waals surface area contributed by atoms with E-state index in [4.69, 9.17) is 0 Å². The molecule has 0 unspecified atom stereocenters. The molecule has 0 radical (unpaired) electrons. The van der Waals surface area contributed by atoms with Gasteiger partial charge in [0.05, 0.1) is 5.75 Å². The summed E-state index contributed by atoms with van der Waals surface area (Å²) >= 11 is 0. The number of aliphatic imine (C=N–C) groups is 1. The molecule has 108 valence electrons. The molecule has 1 aliphatic rings. The summed E-state index contributed by atoms with van der Waals surface area (Å²) < 4.78 is 22.0. The van der Waals surface area contributed by atoms with Crippen LogP contribution < -0.4 is 5.32 Å². The molecule has 18 heavy (non-hydrogen) atoms. The van der Waals surface area contributed by atoms with Crippen LogP contribution in [0.3, 0.4) is 0 Å². The Labute approximate surface area is 127 Å². The smallest absolute Gasteiger partial charge is 0.193 e. The first-order valence-corrected chi connectivity index (χ1v) is 8.30. The molecule has 1 heterocycles. The van der Waals surface area contributed by atoms with E-state index < -0.39 is 9.84 Å². The van der Waals surface area contributed by atoms with Crippen molar-refractivity contribution in [2.24, 2.45) is 4.99 Å². The molecule has 0 spiro atoms. The van der Waals surface area contributed by atoms with Crippen molar-refractivity contribution in [3.63, 3.8) is 0 Å². The summed E-state index contributed by atoms with van der Waals surface area (Å²) in [5.41, 5.74) is 0. The lowest BCUT2D eigenvalue weighted by Gasteiger charge is -2.20. The average Bonchev–Trinajstić information content (AvgIpc) is 2.74. The summed E-state index contributed by atoms with van der Waals surface area (Å²) in [7, 11) is -2.86. The Morgan fingerprint density at radius 3 is 2.44 bits per heavy atom. The molecule has 1 saturated heterocycles. The van der Waals surface area contributed by atoms with Gasteiger partial charge in [0.15, 0.2) is 5.96 Å². The van der Waals surface area contributed by atoms with Crippen LogP contribution in [0.15, 0.2) is 4.99 Å². The molecule has 5 nitrogen and oxygen atoms in total. The molecule has 1 aliphatic heterocycles. The Balaban J connectivity index is 0.00000289. The number of hydrogen-bond acceptors (Lipinski definition) is 3. The monoisotopic (exact) mass is 389 g/mol. The first-order valence-electron chi connectivity index (χ1n) is 6.24. The van der Waals surface area contributed by atoms with E-state index in [1.54, 1.807) is 0 Å². The molecule has 0 saturated carbocycles. The van der Waals surface area contributed by atoms with Gasteiger partial charge in [-0.1, -0.05) is 0 Å². The molecule has 1 rings (SSSR count). The molecule has 1 N–H and O–H groups in total. The fourth-order valence-corrected chi connectivity index (χ4v) is 2.52. The quantitative estimate of drug-likeness (QED) is 0.331. The number of rotatable bonds is 5. The van der Waals surface area contributed by atoms with Crippen LogP contribution in [-0.4, -0.2) is 57.5 Å². The van der Waals surface area contributed by atoms with Crippen molar-refractivity contribution in [2.45, 2.75) is 26.2 Å². The third kappa shape index (κ3) is 7.40. The van der Waals surface area contributed by atoms with Crippen molar-refractivity contribution in [1.82, 2.24) is 10.2 Å². The Kier molecular flexibility index (Phi) is 8.93. The van der Waals surface area contributed by atoms with Crippen molar-refractivity contribution in [3.05, 3.63) is 0 Å². The molecule has 0 bridgehead atoms. The molecule has 0 aromatic carbocycles. The maximum atomic E-state index is 11.0. The highest BCUT2D eigenvalue weighted by molar-refractivity contribution is 14.0. The number of sulfone groups is 1. The van der Waals surface area contributed by atoms with Crippen LogP contribution in [0.25, 0.3) is 0 Å². The third-order valence-electron chi connectivity index (χ3n) is 2.68. The van der Waals surface area contributed by atoms with E-state index in [2.05, 4.69) is 15.2 Å². The molecule has 0 amide bonds. The molecule has 7 heteroatoms. The van der Waals surface area contributed by atoms with Crippen LogP contribution in [0.2, 0.25) is 0 Å². The van der Waals surface area contributed by atoms with E-state index in [9.17, 15) is 8.42 Å². The summed E-state index contributed by atoms with van der Waals surface area (Å²) in [5.74, 6) is 1.15. The lowest BCUT2D eigenvalue weighted by Crippen LogP contribution is -2.39. The van der Waals surface area contributed by atoms with Crippen molar-refractivity contribution in [2.75, 3.05) is 38.2 Å². The minimum Gasteiger partial charge on any atom is -0.357 e. The topological polar surface area (TPSA) is 61.8 Å². The Hall–Kier alpha value is -0.0500. The van der Waals surface area contributed by atoms with Crippen LogP contribution in [0.5, 0.6) is 0 Å². The van der Waals surface area contributed by atoms with Crippen LogP contribution in [0, 0.1) is 0 Å². The van der Waals surface area contributed by atoms with Crippen LogP contribution in [0.4, 0.5) is 0 Å². The second-order valence-corrected chi connectivity index (χ2v) is 6.67. The fourth-order valence-electron chi connectivity index (χ4n) is 1.87. The standard InChI is InChI=1S/C11H23N3O2S.HI/c1-3-12-11(14-8-4-5-9-14)13-7-6-10-17(2,15)16;/h3-10H2,1-2H3,(H,12,13);1H. The summed E-state index contributed by atoms with van der Waals surface area (Å²) in [5, 5.41) is 3.25. The van der Waals surface area contributed by atoms with Gasteiger partial charge in [0.25, 0.3) is 0 Å². The van der Waals surface area contributed by atoms with Crippen molar-refractivity contribution in [1.29, 1.82) is 0 Å². The number of halogens is 1. The molecular weight excluding hydrogens is 365 g/mol. The summed E-state index contributed by atoms with van der Waals surface area (Å²) in [6.45, 7) is 5.57. The van der Waals surface area contributed by atoms with Gasteiger partial charge in [-0.25, -0.2) is 8.42 Å². The van der Waals surface area contributed by atoms with Crippen molar-refractivity contribution < 1.29 is 8.42 Å². The van der Waals surface area contributed by atoms with Crippen LogP contribution in [-0.2, 0) is 9.84 Å². The molecule has 0 aromatic heterocycles. The number of likely N-dealkylation sites (tertiary alicyclic amines) is 1. The fraction of sp³-hybridized carbons (Fsp3) is 0.909. The zero-order valence-corrected chi connectivity index (χ0v) is 14.3. The Morgan fingerprint density at radius 1 is 1.33 bits per heavy atom. The minimum absolute atomic E-state index is 0. The molecule has 0 aliphatic carbocycles. The summed E-state index contributed by atoms with van der Waals surface area (Å²) in [6.07, 6.45) is 4.30. The highest BCUT2D eigenvalue weighted by Gasteiger charge is 2.15. The van der Waals surface area contributed by atoms with Gasteiger partial charge in [-0.2, -0.15) is 0 Å². The zero-order valence-electron chi connectivity index (χ0n) is 11.2. The first-order chi connectivity index (χ1) is 8.03. The second kappa shape index (κ2) is 8.95. The summed E-state index contributed by atoms with van der Waals surface area (Å²) in [4.78, 5) is 6.71. The lowest BCUT2D eigenvalue weighted by atomic mass is 10.4. The first kappa shape index (κ1) is 17.9. The average molecular weight is 389 g/mol. The van der Waals surface area contributed by atoms with E-state index >= 15 is 0 Å². The SMILES string of the molecule is CCNC(=NCCCS(C)(=O)=O)N1CCCC1.I. The largest absolute Gasteiger partial charge is 0.357 e. The Bertz CT molecular complexity index is 351. The van der Waals surface area contributed by atoms with Crippen molar-refractivity contribution >= 4 is 39.8 Å². The molecular formula is C11H24IN3O2S. The second-order valence-electron chi connectivity index (χ2n) is 4.41. The van der Waals surface area contributed by atoms with E-state index in [0.29, 0.717) is 13.0 Å². The maximum absolute atomic E-state index is 11.0. The predicted octanol–water partition coefficient (Wildman–Crippen LogP) is 1.10. The van der Waals surface area contributed by atoms with Gasteiger partial charge in [-0.15, -0.1) is 24.0 Å². The minimum atomic E-state index is -2.86. The molecule has 0 atom stereocenters. The van der Waals surface area contributed by atoms with Gasteiger partial charge < -0.3 is 10.2 Å². The van der Waals surface area contributed by atoms with E-state index in [-0.39, 0.29) is 29.7 Å². The van der Waals surface area contributed by atoms with Crippen LogP contribution >= 0.6 is 24.0 Å². The lowest BCUT2D eigenvalue weighted by molar-refractivity contribution is 0.493. The third-order valence-corrected chi connectivity index (χ3v) is 3.71. The van der Waals surface area contributed by atoms with Gasteiger partial charge in [0, 0.05) is 32.4 Å². The van der Waals surface area contributed by atoms with Gasteiger partial charge in [0.2, 0.25) is 0 Å². The highest BCUT2D eigenvalue weighted by Crippen LogP contribution is 2.07. The van der Waals surface area contributed by atoms with Gasteiger partial charge in [0.1, 0.15) is 9.84 Å². The van der Waals surface area contributed by atoms with Crippen molar-refractivity contribution in [3.8, 4) is 0 Å². The van der Waals surface area contributed by atoms with Gasteiger partial charge in [-0.05, 0) is 26.2 Å².